The Hall–Kier alpha value is -0.970. The first-order valence-electron chi connectivity index (χ1n) is 7.44. The van der Waals surface area contributed by atoms with Crippen molar-refractivity contribution in [2.75, 3.05) is 33.9 Å². The van der Waals surface area contributed by atoms with Gasteiger partial charge < -0.3 is 14.8 Å². The molecule has 1 aromatic carbocycles. The molecule has 1 fully saturated rings. The minimum atomic E-state index is 0. The highest BCUT2D eigenvalue weighted by molar-refractivity contribution is 5.85. The van der Waals surface area contributed by atoms with Crippen molar-refractivity contribution in [3.63, 3.8) is 0 Å². The average Bonchev–Trinajstić information content (AvgIpc) is 3.00. The lowest BCUT2D eigenvalue weighted by molar-refractivity contribution is 0.196. The molecule has 1 saturated heterocycles. The third-order valence-corrected chi connectivity index (χ3v) is 3.92. The Labute approximate surface area is 134 Å². The molecular weight excluding hydrogens is 288 g/mol. The number of halogens is 1. The minimum absolute atomic E-state index is 0. The van der Waals surface area contributed by atoms with Crippen LogP contribution >= 0.6 is 12.4 Å². The van der Waals surface area contributed by atoms with Gasteiger partial charge >= 0.3 is 0 Å². The summed E-state index contributed by atoms with van der Waals surface area (Å²) in [6, 6.07) is 6.75. The van der Waals surface area contributed by atoms with E-state index in [1.54, 1.807) is 14.2 Å². The predicted octanol–water partition coefficient (Wildman–Crippen LogP) is 2.70. The first-order valence-corrected chi connectivity index (χ1v) is 7.44. The molecule has 1 unspecified atom stereocenters. The summed E-state index contributed by atoms with van der Waals surface area (Å²) in [5, 5.41) is 3.45. The maximum absolute atomic E-state index is 5.54. The molecule has 0 amide bonds. The van der Waals surface area contributed by atoms with Gasteiger partial charge in [0.15, 0.2) is 11.5 Å². The van der Waals surface area contributed by atoms with Gasteiger partial charge in [-0.05, 0) is 32.0 Å². The third kappa shape index (κ3) is 4.50. The predicted molar refractivity (Wildman–Crippen MR) is 88.8 cm³/mol. The minimum Gasteiger partial charge on any atom is -0.493 e. The molecule has 0 spiro atoms. The van der Waals surface area contributed by atoms with Crippen LogP contribution in [0.5, 0.6) is 11.5 Å². The van der Waals surface area contributed by atoms with Crippen LogP contribution in [0.3, 0.4) is 0 Å². The van der Waals surface area contributed by atoms with E-state index in [0.29, 0.717) is 6.04 Å². The van der Waals surface area contributed by atoms with Gasteiger partial charge in [0.2, 0.25) is 0 Å². The van der Waals surface area contributed by atoms with Gasteiger partial charge in [0.1, 0.15) is 0 Å². The molecule has 1 aliphatic heterocycles. The van der Waals surface area contributed by atoms with E-state index in [1.807, 2.05) is 12.1 Å². The third-order valence-electron chi connectivity index (χ3n) is 3.92. The highest BCUT2D eigenvalue weighted by Gasteiger charge is 2.23. The molecule has 0 aliphatic carbocycles. The fourth-order valence-corrected chi connectivity index (χ4v) is 2.93. The molecule has 1 atom stereocenters. The van der Waals surface area contributed by atoms with Crippen LogP contribution < -0.4 is 14.8 Å². The lowest BCUT2D eigenvalue weighted by Crippen LogP contribution is -2.37. The Bertz CT molecular complexity index is 423. The second-order valence-electron chi connectivity index (χ2n) is 5.27. The zero-order chi connectivity index (χ0) is 14.4. The van der Waals surface area contributed by atoms with Crippen LogP contribution in [-0.2, 0) is 6.54 Å². The number of nitrogens with one attached hydrogen (secondary N) is 1. The van der Waals surface area contributed by atoms with Gasteiger partial charge in [0.25, 0.3) is 0 Å². The monoisotopic (exact) mass is 314 g/mol. The van der Waals surface area contributed by atoms with Crippen LogP contribution in [0, 0.1) is 0 Å². The maximum atomic E-state index is 5.54. The fourth-order valence-electron chi connectivity index (χ4n) is 2.93. The second-order valence-corrected chi connectivity index (χ2v) is 5.27. The zero-order valence-corrected chi connectivity index (χ0v) is 14.0. The Balaban J connectivity index is 0.00000220. The molecule has 1 heterocycles. The smallest absolute Gasteiger partial charge is 0.165 e. The van der Waals surface area contributed by atoms with E-state index >= 15 is 0 Å². The SMILES string of the molecule is CCCN(Cc1cccc(OC)c1OC)C1CCNC1.Cl. The largest absolute Gasteiger partial charge is 0.493 e. The molecule has 120 valence electrons. The van der Waals surface area contributed by atoms with Gasteiger partial charge in [0.05, 0.1) is 14.2 Å². The van der Waals surface area contributed by atoms with Gasteiger partial charge in [-0.3, -0.25) is 4.90 Å². The lowest BCUT2D eigenvalue weighted by atomic mass is 10.1. The van der Waals surface area contributed by atoms with Crippen LogP contribution in [0.15, 0.2) is 18.2 Å². The first-order chi connectivity index (χ1) is 9.80. The summed E-state index contributed by atoms with van der Waals surface area (Å²) in [5.41, 5.74) is 1.20. The van der Waals surface area contributed by atoms with Crippen molar-refractivity contribution in [2.24, 2.45) is 0 Å². The molecule has 1 aromatic rings. The highest BCUT2D eigenvalue weighted by Crippen LogP contribution is 2.32. The summed E-state index contributed by atoms with van der Waals surface area (Å²) >= 11 is 0. The molecule has 0 aromatic heterocycles. The Morgan fingerprint density at radius 1 is 1.29 bits per heavy atom. The van der Waals surface area contributed by atoms with E-state index in [0.717, 1.165) is 37.7 Å². The molecule has 0 bridgehead atoms. The van der Waals surface area contributed by atoms with E-state index in [2.05, 4.69) is 23.2 Å². The van der Waals surface area contributed by atoms with Crippen LogP contribution in [0.4, 0.5) is 0 Å². The summed E-state index contributed by atoms with van der Waals surface area (Å²) < 4.78 is 10.9. The Morgan fingerprint density at radius 3 is 2.67 bits per heavy atom. The Morgan fingerprint density at radius 2 is 2.10 bits per heavy atom. The van der Waals surface area contributed by atoms with E-state index in [9.17, 15) is 0 Å². The Kier molecular flexibility index (Phi) is 7.86. The fraction of sp³-hybridized carbons (Fsp3) is 0.625. The summed E-state index contributed by atoms with van der Waals surface area (Å²) in [6.07, 6.45) is 2.40. The zero-order valence-electron chi connectivity index (χ0n) is 13.2. The van der Waals surface area contributed by atoms with Crippen LogP contribution in [0.2, 0.25) is 0 Å². The molecule has 21 heavy (non-hydrogen) atoms. The molecule has 5 heteroatoms. The van der Waals surface area contributed by atoms with Gasteiger partial charge in [-0.25, -0.2) is 0 Å². The van der Waals surface area contributed by atoms with E-state index in [4.69, 9.17) is 9.47 Å². The lowest BCUT2D eigenvalue weighted by Gasteiger charge is -2.28. The summed E-state index contributed by atoms with van der Waals surface area (Å²) in [7, 11) is 3.40. The van der Waals surface area contributed by atoms with Crippen LogP contribution in [0.25, 0.3) is 0 Å². The van der Waals surface area contributed by atoms with Crippen molar-refractivity contribution in [1.29, 1.82) is 0 Å². The highest BCUT2D eigenvalue weighted by atomic mass is 35.5. The van der Waals surface area contributed by atoms with Gasteiger partial charge in [-0.1, -0.05) is 19.1 Å². The summed E-state index contributed by atoms with van der Waals surface area (Å²) in [5.74, 6) is 1.67. The van der Waals surface area contributed by atoms with Crippen molar-refractivity contribution in [1.82, 2.24) is 10.2 Å². The standard InChI is InChI=1S/C16H26N2O2.ClH/c1-4-10-18(14-8-9-17-11-14)12-13-6-5-7-15(19-2)16(13)20-3;/h5-7,14,17H,4,8-12H2,1-3H3;1H. The van der Waals surface area contributed by atoms with Gasteiger partial charge in [0, 0.05) is 24.7 Å². The van der Waals surface area contributed by atoms with E-state index in [1.165, 1.54) is 18.4 Å². The van der Waals surface area contributed by atoms with Crippen molar-refractivity contribution in [2.45, 2.75) is 32.4 Å². The average molecular weight is 315 g/mol. The number of ether oxygens (including phenoxy) is 2. The van der Waals surface area contributed by atoms with Crippen molar-refractivity contribution in [3.8, 4) is 11.5 Å². The van der Waals surface area contributed by atoms with Crippen LogP contribution in [-0.4, -0.2) is 44.8 Å². The van der Waals surface area contributed by atoms with E-state index < -0.39 is 0 Å². The van der Waals surface area contributed by atoms with Crippen molar-refractivity contribution >= 4 is 12.4 Å². The molecular formula is C16H27ClN2O2. The maximum Gasteiger partial charge on any atom is 0.165 e. The van der Waals surface area contributed by atoms with Gasteiger partial charge in [-0.15, -0.1) is 12.4 Å². The molecule has 1 aliphatic rings. The summed E-state index contributed by atoms with van der Waals surface area (Å²) in [4.78, 5) is 2.55. The molecule has 0 saturated carbocycles. The normalized spacial score (nSPS) is 17.6. The number of para-hydroxylation sites is 1. The number of benzene rings is 1. The quantitative estimate of drug-likeness (QED) is 0.839. The topological polar surface area (TPSA) is 33.7 Å². The van der Waals surface area contributed by atoms with Gasteiger partial charge in [-0.2, -0.15) is 0 Å². The molecule has 4 nitrogen and oxygen atoms in total. The van der Waals surface area contributed by atoms with Crippen LogP contribution in [0.1, 0.15) is 25.3 Å². The number of rotatable bonds is 7. The number of hydrogen-bond acceptors (Lipinski definition) is 4. The van der Waals surface area contributed by atoms with Crippen molar-refractivity contribution in [3.05, 3.63) is 23.8 Å². The van der Waals surface area contributed by atoms with E-state index in [-0.39, 0.29) is 12.4 Å². The first kappa shape index (κ1) is 18.1. The second kappa shape index (κ2) is 9.13. The number of nitrogens with zero attached hydrogens (tertiary/aromatic N) is 1. The molecule has 1 N–H and O–H groups in total. The van der Waals surface area contributed by atoms with Crippen molar-refractivity contribution < 1.29 is 9.47 Å². The molecule has 2 rings (SSSR count). The summed E-state index contributed by atoms with van der Waals surface area (Å²) in [6.45, 7) is 6.48. The number of methoxy groups -OCH3 is 2. The molecule has 0 radical (unpaired) electrons. The number of hydrogen-bond donors (Lipinski definition) is 1.